The molecule has 158 valence electrons. The Bertz CT molecular complexity index is 946. The van der Waals surface area contributed by atoms with E-state index in [-0.39, 0.29) is 11.8 Å². The zero-order valence-corrected chi connectivity index (χ0v) is 17.8. The van der Waals surface area contributed by atoms with Gasteiger partial charge in [-0.2, -0.15) is 0 Å². The van der Waals surface area contributed by atoms with Crippen LogP contribution in [0.25, 0.3) is 0 Å². The SMILES string of the molecule is COC(=O)c1ccc(CN(Cc2cccn2Cc2ccc(F)cc2)CC(C)C)cc1. The first-order chi connectivity index (χ1) is 14.4. The van der Waals surface area contributed by atoms with Gasteiger partial charge in [-0.3, -0.25) is 4.90 Å². The molecule has 5 heteroatoms. The Morgan fingerprint density at radius 2 is 1.67 bits per heavy atom. The number of methoxy groups -OCH3 is 1. The molecule has 30 heavy (non-hydrogen) atoms. The lowest BCUT2D eigenvalue weighted by molar-refractivity contribution is 0.0600. The van der Waals surface area contributed by atoms with E-state index >= 15 is 0 Å². The van der Waals surface area contributed by atoms with Gasteiger partial charge in [0.1, 0.15) is 5.82 Å². The molecule has 0 aliphatic heterocycles. The van der Waals surface area contributed by atoms with Gasteiger partial charge >= 0.3 is 5.97 Å². The van der Waals surface area contributed by atoms with Gasteiger partial charge in [0, 0.05) is 38.1 Å². The summed E-state index contributed by atoms with van der Waals surface area (Å²) in [6.07, 6.45) is 2.07. The highest BCUT2D eigenvalue weighted by molar-refractivity contribution is 5.89. The predicted molar refractivity (Wildman–Crippen MR) is 117 cm³/mol. The van der Waals surface area contributed by atoms with Crippen molar-refractivity contribution in [1.29, 1.82) is 0 Å². The molecule has 0 saturated heterocycles. The minimum atomic E-state index is -0.320. The molecule has 4 nitrogen and oxygen atoms in total. The molecule has 0 aliphatic rings. The number of rotatable bonds is 9. The van der Waals surface area contributed by atoms with Crippen LogP contribution >= 0.6 is 0 Å². The fourth-order valence-electron chi connectivity index (χ4n) is 3.59. The first-order valence-corrected chi connectivity index (χ1v) is 10.2. The van der Waals surface area contributed by atoms with Crippen LogP contribution in [0.3, 0.4) is 0 Å². The number of halogens is 1. The molecule has 2 aromatic carbocycles. The van der Waals surface area contributed by atoms with Gasteiger partial charge in [-0.05, 0) is 53.4 Å². The van der Waals surface area contributed by atoms with Crippen LogP contribution in [-0.2, 0) is 24.4 Å². The molecule has 0 saturated carbocycles. The highest BCUT2D eigenvalue weighted by Crippen LogP contribution is 2.16. The number of benzene rings is 2. The van der Waals surface area contributed by atoms with Crippen LogP contribution in [0.15, 0.2) is 66.9 Å². The molecule has 0 amide bonds. The van der Waals surface area contributed by atoms with Crippen molar-refractivity contribution in [3.63, 3.8) is 0 Å². The summed E-state index contributed by atoms with van der Waals surface area (Å²) >= 11 is 0. The van der Waals surface area contributed by atoms with Crippen LogP contribution in [0.2, 0.25) is 0 Å². The lowest BCUT2D eigenvalue weighted by atomic mass is 10.1. The van der Waals surface area contributed by atoms with Gasteiger partial charge in [0.25, 0.3) is 0 Å². The minimum Gasteiger partial charge on any atom is -0.465 e. The van der Waals surface area contributed by atoms with Crippen molar-refractivity contribution in [2.45, 2.75) is 33.5 Å². The quantitative estimate of drug-likeness (QED) is 0.461. The smallest absolute Gasteiger partial charge is 0.337 e. The Kier molecular flexibility index (Phi) is 7.41. The fourth-order valence-corrected chi connectivity index (χ4v) is 3.59. The van der Waals surface area contributed by atoms with E-state index in [2.05, 4.69) is 41.6 Å². The van der Waals surface area contributed by atoms with E-state index in [0.29, 0.717) is 18.0 Å². The normalized spacial score (nSPS) is 11.3. The van der Waals surface area contributed by atoms with E-state index in [1.54, 1.807) is 0 Å². The Morgan fingerprint density at radius 3 is 2.30 bits per heavy atom. The van der Waals surface area contributed by atoms with E-state index in [4.69, 9.17) is 4.74 Å². The largest absolute Gasteiger partial charge is 0.465 e. The maximum absolute atomic E-state index is 13.2. The standard InChI is InChI=1S/C25H29FN2O2/c1-19(2)15-27(16-20-6-10-22(11-7-20)25(29)30-3)18-24-5-4-14-28(24)17-21-8-12-23(26)13-9-21/h4-14,19H,15-18H2,1-3H3. The number of esters is 1. The second-order valence-electron chi connectivity index (χ2n) is 8.01. The van der Waals surface area contributed by atoms with E-state index < -0.39 is 0 Å². The topological polar surface area (TPSA) is 34.5 Å². The summed E-state index contributed by atoms with van der Waals surface area (Å²) in [6.45, 7) is 7.70. The van der Waals surface area contributed by atoms with Crippen LogP contribution in [0, 0.1) is 11.7 Å². The molecule has 1 heterocycles. The third-order valence-corrected chi connectivity index (χ3v) is 4.98. The van der Waals surface area contributed by atoms with Crippen molar-refractivity contribution in [3.8, 4) is 0 Å². The van der Waals surface area contributed by atoms with E-state index in [1.807, 2.05) is 36.4 Å². The van der Waals surface area contributed by atoms with Gasteiger partial charge in [-0.1, -0.05) is 38.1 Å². The molecular formula is C25H29FN2O2. The highest BCUT2D eigenvalue weighted by Gasteiger charge is 2.13. The monoisotopic (exact) mass is 408 g/mol. The maximum atomic E-state index is 13.2. The lowest BCUT2D eigenvalue weighted by Gasteiger charge is -2.25. The van der Waals surface area contributed by atoms with Crippen LogP contribution in [0.1, 0.15) is 41.0 Å². The van der Waals surface area contributed by atoms with Crippen molar-refractivity contribution >= 4 is 5.97 Å². The first-order valence-electron chi connectivity index (χ1n) is 10.2. The average Bonchev–Trinajstić information content (AvgIpc) is 3.15. The highest BCUT2D eigenvalue weighted by atomic mass is 19.1. The van der Waals surface area contributed by atoms with E-state index in [9.17, 15) is 9.18 Å². The van der Waals surface area contributed by atoms with E-state index in [1.165, 1.54) is 24.9 Å². The van der Waals surface area contributed by atoms with Crippen LogP contribution in [-0.4, -0.2) is 29.1 Å². The molecule has 0 bridgehead atoms. The number of carbonyl (C=O) groups is 1. The maximum Gasteiger partial charge on any atom is 0.337 e. The molecule has 0 radical (unpaired) electrons. The van der Waals surface area contributed by atoms with Crippen molar-refractivity contribution < 1.29 is 13.9 Å². The minimum absolute atomic E-state index is 0.215. The first kappa shape index (κ1) is 21.8. The summed E-state index contributed by atoms with van der Waals surface area (Å²) in [5.41, 5.74) is 4.00. The molecular weight excluding hydrogens is 379 g/mol. The molecule has 0 unspecified atom stereocenters. The van der Waals surface area contributed by atoms with Crippen molar-refractivity contribution in [2.75, 3.05) is 13.7 Å². The van der Waals surface area contributed by atoms with Crippen LogP contribution in [0.4, 0.5) is 4.39 Å². The molecule has 0 spiro atoms. The second kappa shape index (κ2) is 10.2. The molecule has 0 N–H and O–H groups in total. The molecule has 3 rings (SSSR count). The number of hydrogen-bond donors (Lipinski definition) is 0. The molecule has 1 aromatic heterocycles. The van der Waals surface area contributed by atoms with Crippen molar-refractivity contribution in [2.24, 2.45) is 5.92 Å². The number of ether oxygens (including phenoxy) is 1. The molecule has 0 atom stereocenters. The Labute approximate surface area is 177 Å². The number of hydrogen-bond acceptors (Lipinski definition) is 3. The molecule has 3 aromatic rings. The zero-order chi connectivity index (χ0) is 21.5. The van der Waals surface area contributed by atoms with Crippen LogP contribution in [0.5, 0.6) is 0 Å². The summed E-state index contributed by atoms with van der Waals surface area (Å²) in [7, 11) is 1.39. The molecule has 0 fully saturated rings. The summed E-state index contributed by atoms with van der Waals surface area (Å²) in [6, 6.07) is 18.4. The average molecular weight is 409 g/mol. The third-order valence-electron chi connectivity index (χ3n) is 4.98. The number of aromatic nitrogens is 1. The Hall–Kier alpha value is -2.92. The third kappa shape index (κ3) is 6.04. The van der Waals surface area contributed by atoms with Crippen molar-refractivity contribution in [3.05, 3.63) is 95.1 Å². The van der Waals surface area contributed by atoms with Gasteiger partial charge in [0.05, 0.1) is 12.7 Å². The summed E-state index contributed by atoms with van der Waals surface area (Å²) < 4.78 is 20.2. The number of nitrogens with zero attached hydrogens (tertiary/aromatic N) is 2. The van der Waals surface area contributed by atoms with Gasteiger partial charge in [-0.25, -0.2) is 9.18 Å². The van der Waals surface area contributed by atoms with Crippen molar-refractivity contribution in [1.82, 2.24) is 9.47 Å². The number of carbonyl (C=O) groups excluding carboxylic acids is 1. The predicted octanol–water partition coefficient (Wildman–Crippen LogP) is 5.12. The fraction of sp³-hybridized carbons (Fsp3) is 0.320. The lowest BCUT2D eigenvalue weighted by Crippen LogP contribution is -2.28. The summed E-state index contributed by atoms with van der Waals surface area (Å²) in [5.74, 6) is -0.00753. The Balaban J connectivity index is 1.71. The van der Waals surface area contributed by atoms with Crippen LogP contribution < -0.4 is 0 Å². The zero-order valence-electron chi connectivity index (χ0n) is 17.8. The Morgan fingerprint density at radius 1 is 1.00 bits per heavy atom. The van der Waals surface area contributed by atoms with Gasteiger partial charge < -0.3 is 9.30 Å². The second-order valence-corrected chi connectivity index (χ2v) is 8.01. The van der Waals surface area contributed by atoms with Gasteiger partial charge in [0.15, 0.2) is 0 Å². The molecule has 0 aliphatic carbocycles. The van der Waals surface area contributed by atoms with Gasteiger partial charge in [-0.15, -0.1) is 0 Å². The summed E-state index contributed by atoms with van der Waals surface area (Å²) in [5, 5.41) is 0. The summed E-state index contributed by atoms with van der Waals surface area (Å²) in [4.78, 5) is 14.1. The van der Waals surface area contributed by atoms with E-state index in [0.717, 1.165) is 30.8 Å². The van der Waals surface area contributed by atoms with Gasteiger partial charge in [0.2, 0.25) is 0 Å².